The molecule has 2 rings (SSSR count). The Morgan fingerprint density at radius 3 is 2.83 bits per heavy atom. The van der Waals surface area contributed by atoms with Crippen LogP contribution in [0.1, 0.15) is 15.3 Å². The summed E-state index contributed by atoms with van der Waals surface area (Å²) in [6.07, 6.45) is 0.370. The van der Waals surface area contributed by atoms with E-state index in [-0.39, 0.29) is 5.91 Å². The summed E-state index contributed by atoms with van der Waals surface area (Å²) in [5.41, 5.74) is 7.30. The van der Waals surface area contributed by atoms with E-state index in [1.54, 1.807) is 11.3 Å². The maximum Gasteiger partial charge on any atom is 0.224 e. The monoisotopic (exact) mass is 260 g/mol. The van der Waals surface area contributed by atoms with Gasteiger partial charge in [-0.1, -0.05) is 12.1 Å². The van der Waals surface area contributed by atoms with Gasteiger partial charge in [-0.2, -0.15) is 0 Å². The first-order valence-corrected chi connectivity index (χ1v) is 6.61. The summed E-state index contributed by atoms with van der Waals surface area (Å²) in [6, 6.07) is 11.5. The fourth-order valence-corrected chi connectivity index (χ4v) is 2.55. The molecule has 3 nitrogen and oxygen atoms in total. The van der Waals surface area contributed by atoms with Crippen molar-refractivity contribution >= 4 is 22.9 Å². The molecule has 0 saturated carbocycles. The van der Waals surface area contributed by atoms with Gasteiger partial charge in [0.05, 0.1) is 13.0 Å². The molecule has 1 heterocycles. The number of nitrogens with one attached hydrogen (secondary N) is 1. The highest BCUT2D eigenvalue weighted by atomic mass is 32.1. The van der Waals surface area contributed by atoms with Crippen LogP contribution in [0.4, 0.5) is 5.69 Å². The molecule has 0 spiro atoms. The van der Waals surface area contributed by atoms with Gasteiger partial charge in [-0.25, -0.2) is 0 Å². The van der Waals surface area contributed by atoms with Crippen molar-refractivity contribution in [1.82, 2.24) is 5.32 Å². The molecule has 4 heteroatoms. The summed E-state index contributed by atoms with van der Waals surface area (Å²) < 4.78 is 0. The molecule has 0 saturated heterocycles. The number of rotatable bonds is 4. The first-order valence-electron chi connectivity index (χ1n) is 5.80. The highest BCUT2D eigenvalue weighted by Gasteiger charge is 2.04. The van der Waals surface area contributed by atoms with Crippen LogP contribution in [0.2, 0.25) is 0 Å². The maximum atomic E-state index is 11.8. The molecular weight excluding hydrogens is 244 g/mol. The number of hydrogen-bond donors (Lipinski definition) is 2. The summed E-state index contributed by atoms with van der Waals surface area (Å²) in [4.78, 5) is 14.2. The molecule has 3 N–H and O–H groups in total. The minimum Gasteiger partial charge on any atom is -0.399 e. The molecule has 94 valence electrons. The van der Waals surface area contributed by atoms with E-state index in [1.807, 2.05) is 30.3 Å². The van der Waals surface area contributed by atoms with E-state index in [2.05, 4.69) is 18.3 Å². The van der Waals surface area contributed by atoms with E-state index in [0.717, 1.165) is 5.56 Å². The topological polar surface area (TPSA) is 55.1 Å². The van der Waals surface area contributed by atoms with Crippen LogP contribution < -0.4 is 11.1 Å². The van der Waals surface area contributed by atoms with E-state index >= 15 is 0 Å². The average molecular weight is 260 g/mol. The highest BCUT2D eigenvalue weighted by molar-refractivity contribution is 7.11. The minimum atomic E-state index is 0.0200. The second kappa shape index (κ2) is 5.69. The fourth-order valence-electron chi connectivity index (χ4n) is 1.72. The standard InChI is InChI=1S/C14H16N2OS/c1-10-5-6-13(18-10)9-16-14(17)8-11-3-2-4-12(15)7-11/h2-7H,8-9,15H2,1H3,(H,16,17). The minimum absolute atomic E-state index is 0.0200. The van der Waals surface area contributed by atoms with Gasteiger partial charge >= 0.3 is 0 Å². The number of amides is 1. The summed E-state index contributed by atoms with van der Waals surface area (Å²) in [7, 11) is 0. The SMILES string of the molecule is Cc1ccc(CNC(=O)Cc2cccc(N)c2)s1. The normalized spacial score (nSPS) is 10.3. The third-order valence-corrected chi connectivity index (χ3v) is 3.57. The summed E-state index contributed by atoms with van der Waals surface area (Å²) >= 11 is 1.70. The summed E-state index contributed by atoms with van der Waals surface area (Å²) in [5.74, 6) is 0.0200. The smallest absolute Gasteiger partial charge is 0.224 e. The van der Waals surface area contributed by atoms with Gasteiger partial charge in [0, 0.05) is 15.4 Å². The van der Waals surface area contributed by atoms with Gasteiger partial charge in [0.2, 0.25) is 5.91 Å². The second-order valence-electron chi connectivity index (χ2n) is 4.21. The van der Waals surface area contributed by atoms with Gasteiger partial charge in [0.15, 0.2) is 0 Å². The zero-order valence-corrected chi connectivity index (χ0v) is 11.1. The zero-order valence-electron chi connectivity index (χ0n) is 10.3. The Labute approximate surface area is 111 Å². The number of benzene rings is 1. The molecule has 0 aliphatic carbocycles. The van der Waals surface area contributed by atoms with Gasteiger partial charge in [-0.05, 0) is 36.8 Å². The van der Waals surface area contributed by atoms with Crippen LogP contribution in [0.3, 0.4) is 0 Å². The first kappa shape index (κ1) is 12.6. The van der Waals surface area contributed by atoms with E-state index in [1.165, 1.54) is 9.75 Å². The van der Waals surface area contributed by atoms with Crippen molar-refractivity contribution in [2.75, 3.05) is 5.73 Å². The molecule has 0 aliphatic rings. The van der Waals surface area contributed by atoms with Crippen LogP contribution in [-0.4, -0.2) is 5.91 Å². The third kappa shape index (κ3) is 3.60. The predicted octanol–water partition coefficient (Wildman–Crippen LogP) is 2.50. The molecule has 0 bridgehead atoms. The van der Waals surface area contributed by atoms with Crippen LogP contribution in [0.15, 0.2) is 36.4 Å². The molecule has 0 unspecified atom stereocenters. The first-order chi connectivity index (χ1) is 8.63. The van der Waals surface area contributed by atoms with Gasteiger partial charge in [-0.3, -0.25) is 4.79 Å². The fraction of sp³-hybridized carbons (Fsp3) is 0.214. The van der Waals surface area contributed by atoms with Crippen molar-refractivity contribution < 1.29 is 4.79 Å². The van der Waals surface area contributed by atoms with E-state index in [0.29, 0.717) is 18.7 Å². The van der Waals surface area contributed by atoms with Crippen LogP contribution in [-0.2, 0) is 17.8 Å². The number of hydrogen-bond acceptors (Lipinski definition) is 3. The molecule has 0 aliphatic heterocycles. The Bertz CT molecular complexity index is 548. The Morgan fingerprint density at radius 2 is 2.17 bits per heavy atom. The lowest BCUT2D eigenvalue weighted by Crippen LogP contribution is -2.24. The van der Waals surface area contributed by atoms with Crippen LogP contribution in [0, 0.1) is 6.92 Å². The number of nitrogen functional groups attached to an aromatic ring is 1. The number of carbonyl (C=O) groups excluding carboxylic acids is 1. The van der Waals surface area contributed by atoms with Crippen molar-refractivity contribution in [2.24, 2.45) is 0 Å². The Kier molecular flexibility index (Phi) is 3.99. The van der Waals surface area contributed by atoms with Gasteiger partial charge in [0.1, 0.15) is 0 Å². The predicted molar refractivity (Wildman–Crippen MR) is 75.5 cm³/mol. The lowest BCUT2D eigenvalue weighted by Gasteiger charge is -2.04. The van der Waals surface area contributed by atoms with Gasteiger partial charge in [-0.15, -0.1) is 11.3 Å². The Balaban J connectivity index is 1.85. The average Bonchev–Trinajstić information content (AvgIpc) is 2.73. The molecule has 1 aromatic carbocycles. The third-order valence-electron chi connectivity index (χ3n) is 2.57. The lowest BCUT2D eigenvalue weighted by molar-refractivity contribution is -0.120. The van der Waals surface area contributed by atoms with E-state index in [9.17, 15) is 4.79 Å². The Morgan fingerprint density at radius 1 is 1.33 bits per heavy atom. The molecule has 0 atom stereocenters. The molecule has 1 aromatic heterocycles. The molecular formula is C14H16N2OS. The number of anilines is 1. The second-order valence-corrected chi connectivity index (χ2v) is 5.58. The van der Waals surface area contributed by atoms with Crippen molar-refractivity contribution in [1.29, 1.82) is 0 Å². The quantitative estimate of drug-likeness (QED) is 0.830. The van der Waals surface area contributed by atoms with Crippen molar-refractivity contribution in [2.45, 2.75) is 19.9 Å². The summed E-state index contributed by atoms with van der Waals surface area (Å²) in [6.45, 7) is 2.66. The number of aryl methyl sites for hydroxylation is 1. The highest BCUT2D eigenvalue weighted by Crippen LogP contribution is 2.14. The van der Waals surface area contributed by atoms with Crippen LogP contribution >= 0.6 is 11.3 Å². The molecule has 18 heavy (non-hydrogen) atoms. The molecule has 1 amide bonds. The number of carbonyl (C=O) groups is 1. The van der Waals surface area contributed by atoms with Crippen molar-refractivity contribution in [3.8, 4) is 0 Å². The van der Waals surface area contributed by atoms with E-state index < -0.39 is 0 Å². The molecule has 0 radical (unpaired) electrons. The zero-order chi connectivity index (χ0) is 13.0. The largest absolute Gasteiger partial charge is 0.399 e. The van der Waals surface area contributed by atoms with Crippen molar-refractivity contribution in [3.63, 3.8) is 0 Å². The van der Waals surface area contributed by atoms with Gasteiger partial charge < -0.3 is 11.1 Å². The maximum absolute atomic E-state index is 11.8. The van der Waals surface area contributed by atoms with Crippen molar-refractivity contribution in [3.05, 3.63) is 51.7 Å². The van der Waals surface area contributed by atoms with Crippen LogP contribution in [0.5, 0.6) is 0 Å². The number of nitrogens with two attached hydrogens (primary N) is 1. The molecule has 0 fully saturated rings. The van der Waals surface area contributed by atoms with Gasteiger partial charge in [0.25, 0.3) is 0 Å². The Hall–Kier alpha value is -1.81. The van der Waals surface area contributed by atoms with E-state index in [4.69, 9.17) is 5.73 Å². The number of thiophene rings is 1. The van der Waals surface area contributed by atoms with Crippen LogP contribution in [0.25, 0.3) is 0 Å². The summed E-state index contributed by atoms with van der Waals surface area (Å²) in [5, 5.41) is 2.91. The molecule has 2 aromatic rings. The lowest BCUT2D eigenvalue weighted by atomic mass is 10.1.